The average molecular weight is 680 g/mol. The van der Waals surface area contributed by atoms with Gasteiger partial charge in [-0.25, -0.2) is 14.6 Å². The lowest BCUT2D eigenvalue weighted by Crippen LogP contribution is -2.10. The van der Waals surface area contributed by atoms with Crippen LogP contribution in [0, 0.1) is 24.2 Å². The third-order valence-corrected chi connectivity index (χ3v) is 6.40. The monoisotopic (exact) mass is 680 g/mol. The van der Waals surface area contributed by atoms with Crippen LogP contribution in [0.1, 0.15) is 27.0 Å². The highest BCUT2D eigenvalue weighted by Crippen LogP contribution is 2.31. The number of esters is 2. The SMILES string of the molecule is Cc1ccc(C2=N/C(=C\c3cc(I)c(OC(=O)c4ccccc4)c(I)c3)C(=O)O2)cc1[N+](=O)[O-]. The van der Waals surface area contributed by atoms with E-state index in [2.05, 4.69) is 50.2 Å². The molecule has 0 unspecified atom stereocenters. The van der Waals surface area contributed by atoms with E-state index in [-0.39, 0.29) is 17.3 Å². The van der Waals surface area contributed by atoms with Gasteiger partial charge in [-0.1, -0.05) is 24.3 Å². The maximum atomic E-state index is 12.4. The summed E-state index contributed by atoms with van der Waals surface area (Å²) in [6.45, 7) is 1.62. The molecular weight excluding hydrogens is 666 g/mol. The number of halogens is 2. The van der Waals surface area contributed by atoms with E-state index in [1.165, 1.54) is 6.07 Å². The Morgan fingerprint density at radius 2 is 1.76 bits per heavy atom. The van der Waals surface area contributed by atoms with Crippen LogP contribution in [-0.4, -0.2) is 22.8 Å². The van der Waals surface area contributed by atoms with E-state index < -0.39 is 16.9 Å². The van der Waals surface area contributed by atoms with Gasteiger partial charge in [-0.2, -0.15) is 0 Å². The van der Waals surface area contributed by atoms with Crippen molar-refractivity contribution in [2.75, 3.05) is 0 Å². The fraction of sp³-hybridized carbons (Fsp3) is 0.0417. The van der Waals surface area contributed by atoms with Gasteiger partial charge in [0.25, 0.3) is 5.69 Å². The minimum absolute atomic E-state index is 0.00263. The number of hydrogen-bond acceptors (Lipinski definition) is 7. The lowest BCUT2D eigenvalue weighted by atomic mass is 10.1. The van der Waals surface area contributed by atoms with Crippen molar-refractivity contribution in [3.8, 4) is 5.75 Å². The van der Waals surface area contributed by atoms with Crippen molar-refractivity contribution in [2.45, 2.75) is 6.92 Å². The van der Waals surface area contributed by atoms with Gasteiger partial charge < -0.3 is 9.47 Å². The lowest BCUT2D eigenvalue weighted by molar-refractivity contribution is -0.385. The van der Waals surface area contributed by atoms with Crippen LogP contribution in [0.5, 0.6) is 5.75 Å². The van der Waals surface area contributed by atoms with Gasteiger partial charge in [-0.15, -0.1) is 0 Å². The summed E-state index contributed by atoms with van der Waals surface area (Å²) < 4.78 is 12.2. The number of carbonyl (C=O) groups is 2. The summed E-state index contributed by atoms with van der Waals surface area (Å²) in [6.07, 6.45) is 1.55. The highest BCUT2D eigenvalue weighted by Gasteiger charge is 2.26. The standard InChI is InChI=1S/C24H14I2N2O6/c1-13-7-8-16(12-20(13)28(31)32)22-27-19(24(30)34-22)11-14-9-17(25)21(18(26)10-14)33-23(29)15-5-3-2-4-6-15/h2-12H,1H3/b19-11-. The number of ether oxygens (including phenoxy) is 2. The van der Waals surface area contributed by atoms with Crippen LogP contribution >= 0.6 is 45.2 Å². The van der Waals surface area contributed by atoms with E-state index in [1.807, 2.05) is 6.07 Å². The largest absolute Gasteiger partial charge is 0.421 e. The van der Waals surface area contributed by atoms with Gasteiger partial charge >= 0.3 is 11.9 Å². The molecule has 1 aliphatic heterocycles. The normalized spacial score (nSPS) is 14.0. The minimum Gasteiger partial charge on any atom is -0.421 e. The van der Waals surface area contributed by atoms with Gasteiger partial charge in [-0.3, -0.25) is 10.1 Å². The number of carbonyl (C=O) groups excluding carboxylic acids is 2. The van der Waals surface area contributed by atoms with E-state index in [9.17, 15) is 19.7 Å². The molecule has 0 fully saturated rings. The van der Waals surface area contributed by atoms with E-state index >= 15 is 0 Å². The Morgan fingerprint density at radius 3 is 2.41 bits per heavy atom. The molecule has 1 heterocycles. The van der Waals surface area contributed by atoms with Gasteiger partial charge in [0.05, 0.1) is 17.6 Å². The Morgan fingerprint density at radius 1 is 1.09 bits per heavy atom. The van der Waals surface area contributed by atoms with Crippen molar-refractivity contribution >= 4 is 74.8 Å². The highest BCUT2D eigenvalue weighted by molar-refractivity contribution is 14.1. The Bertz CT molecular complexity index is 1380. The number of nitro groups is 1. The summed E-state index contributed by atoms with van der Waals surface area (Å²) in [5, 5.41) is 11.2. The molecule has 1 aliphatic rings. The summed E-state index contributed by atoms with van der Waals surface area (Å²) in [4.78, 5) is 39.7. The smallest absolute Gasteiger partial charge is 0.363 e. The van der Waals surface area contributed by atoms with Crippen molar-refractivity contribution < 1.29 is 24.0 Å². The molecule has 0 bridgehead atoms. The molecule has 0 amide bonds. The maximum absolute atomic E-state index is 12.4. The number of nitro benzene ring substituents is 1. The molecule has 34 heavy (non-hydrogen) atoms. The molecule has 170 valence electrons. The zero-order valence-corrected chi connectivity index (χ0v) is 21.8. The van der Waals surface area contributed by atoms with Crippen LogP contribution in [0.15, 0.2) is 71.4 Å². The molecule has 0 aliphatic carbocycles. The Labute approximate surface area is 221 Å². The molecule has 0 N–H and O–H groups in total. The van der Waals surface area contributed by atoms with Gasteiger partial charge in [0.2, 0.25) is 5.90 Å². The quantitative estimate of drug-likeness (QED) is 0.0858. The molecule has 0 saturated heterocycles. The van der Waals surface area contributed by atoms with Crippen LogP contribution in [0.3, 0.4) is 0 Å². The van der Waals surface area contributed by atoms with Crippen molar-refractivity contribution in [1.82, 2.24) is 0 Å². The fourth-order valence-corrected chi connectivity index (χ4v) is 5.15. The van der Waals surface area contributed by atoms with Crippen molar-refractivity contribution in [3.63, 3.8) is 0 Å². The third kappa shape index (κ3) is 5.17. The van der Waals surface area contributed by atoms with E-state index in [0.29, 0.717) is 35.1 Å². The Hall–Kier alpha value is -3.13. The van der Waals surface area contributed by atoms with E-state index in [4.69, 9.17) is 9.47 Å². The Balaban J connectivity index is 1.61. The first-order valence-electron chi connectivity index (χ1n) is 9.77. The zero-order valence-electron chi connectivity index (χ0n) is 17.5. The average Bonchev–Trinajstić information content (AvgIpc) is 3.16. The molecule has 3 aromatic carbocycles. The van der Waals surface area contributed by atoms with E-state index in [1.54, 1.807) is 61.5 Å². The zero-order chi connectivity index (χ0) is 24.4. The molecule has 0 spiro atoms. The molecule has 0 aromatic heterocycles. The second kappa shape index (κ2) is 10.0. The summed E-state index contributed by atoms with van der Waals surface area (Å²) in [5.41, 5.74) is 1.89. The molecular formula is C24H14I2N2O6. The maximum Gasteiger partial charge on any atom is 0.363 e. The number of rotatable bonds is 5. The lowest BCUT2D eigenvalue weighted by Gasteiger charge is -2.10. The third-order valence-electron chi connectivity index (χ3n) is 4.80. The molecule has 0 atom stereocenters. The van der Waals surface area contributed by atoms with Crippen LogP contribution in [0.25, 0.3) is 6.08 Å². The van der Waals surface area contributed by atoms with Crippen molar-refractivity contribution in [2.24, 2.45) is 4.99 Å². The van der Waals surface area contributed by atoms with Gasteiger partial charge in [0.15, 0.2) is 11.4 Å². The van der Waals surface area contributed by atoms with Crippen molar-refractivity contribution in [3.05, 3.63) is 106 Å². The van der Waals surface area contributed by atoms with Gasteiger partial charge in [-0.05, 0) is 94.1 Å². The fourth-order valence-electron chi connectivity index (χ4n) is 3.12. The van der Waals surface area contributed by atoms with Crippen LogP contribution in [0.2, 0.25) is 0 Å². The van der Waals surface area contributed by atoms with Crippen molar-refractivity contribution in [1.29, 1.82) is 0 Å². The number of hydrogen-bond donors (Lipinski definition) is 0. The summed E-state index contributed by atoms with van der Waals surface area (Å²) in [6, 6.07) is 16.7. The first-order valence-corrected chi connectivity index (χ1v) is 11.9. The second-order valence-electron chi connectivity index (χ2n) is 7.16. The molecule has 0 radical (unpaired) electrons. The predicted molar refractivity (Wildman–Crippen MR) is 142 cm³/mol. The number of aryl methyl sites for hydroxylation is 1. The van der Waals surface area contributed by atoms with Crippen LogP contribution < -0.4 is 4.74 Å². The van der Waals surface area contributed by atoms with Gasteiger partial charge in [0.1, 0.15) is 0 Å². The van der Waals surface area contributed by atoms with Crippen LogP contribution in [-0.2, 0) is 9.53 Å². The first-order chi connectivity index (χ1) is 16.2. The summed E-state index contributed by atoms with van der Waals surface area (Å²) in [5.74, 6) is -0.717. The first kappa shape index (κ1) is 24.0. The molecule has 0 saturated carbocycles. The number of cyclic esters (lactones) is 1. The highest BCUT2D eigenvalue weighted by atomic mass is 127. The number of nitrogens with zero attached hydrogens (tertiary/aromatic N) is 2. The summed E-state index contributed by atoms with van der Waals surface area (Å²) >= 11 is 4.11. The topological polar surface area (TPSA) is 108 Å². The summed E-state index contributed by atoms with van der Waals surface area (Å²) in [7, 11) is 0. The Kier molecular flexibility index (Phi) is 7.07. The van der Waals surface area contributed by atoms with Gasteiger partial charge in [0, 0.05) is 17.2 Å². The number of aliphatic imine (C=N–C) groups is 1. The van der Waals surface area contributed by atoms with Crippen LogP contribution in [0.4, 0.5) is 5.69 Å². The second-order valence-corrected chi connectivity index (χ2v) is 9.49. The molecule has 4 rings (SSSR count). The number of benzene rings is 3. The molecule has 8 nitrogen and oxygen atoms in total. The predicted octanol–water partition coefficient (Wildman–Crippen LogP) is 5.68. The molecule has 10 heteroatoms. The van der Waals surface area contributed by atoms with E-state index in [0.717, 1.165) is 0 Å². The minimum atomic E-state index is -0.664. The molecule has 3 aromatic rings.